The molecule has 2 bridgehead atoms. The molecule has 3 unspecified atom stereocenters. The fourth-order valence-electron chi connectivity index (χ4n) is 4.35. The van der Waals surface area contributed by atoms with Gasteiger partial charge in [0.2, 0.25) is 0 Å². The minimum atomic E-state index is -4.64. The lowest BCUT2D eigenvalue weighted by molar-refractivity contribution is -0.131. The summed E-state index contributed by atoms with van der Waals surface area (Å²) in [5.74, 6) is -1.84. The van der Waals surface area contributed by atoms with Crippen molar-refractivity contribution in [2.24, 2.45) is 27.8 Å². The molecule has 0 radical (unpaired) electrons. The van der Waals surface area contributed by atoms with Crippen molar-refractivity contribution in [2.45, 2.75) is 39.8 Å². The molecule has 0 aromatic heterocycles. The summed E-state index contributed by atoms with van der Waals surface area (Å²) in [6.07, 6.45) is -3.36. The summed E-state index contributed by atoms with van der Waals surface area (Å²) in [6.45, 7) is 5.61. The minimum Gasteiger partial charge on any atom is -0.298 e. The first-order valence-corrected chi connectivity index (χ1v) is 8.09. The molecule has 2 saturated carbocycles. The highest BCUT2D eigenvalue weighted by Gasteiger charge is 2.69. The van der Waals surface area contributed by atoms with Gasteiger partial charge in [0.05, 0.1) is 11.6 Å². The van der Waals surface area contributed by atoms with Gasteiger partial charge in [0.1, 0.15) is 5.78 Å². The van der Waals surface area contributed by atoms with Crippen LogP contribution in [-0.4, -0.2) is 17.7 Å². The van der Waals surface area contributed by atoms with Crippen LogP contribution in [0.25, 0.3) is 0 Å². The van der Waals surface area contributed by atoms with E-state index < -0.39 is 28.6 Å². The number of nitrogens with one attached hydrogen (secondary N) is 1. The van der Waals surface area contributed by atoms with Gasteiger partial charge in [0, 0.05) is 5.41 Å². The van der Waals surface area contributed by atoms with E-state index in [0.717, 1.165) is 0 Å². The van der Waals surface area contributed by atoms with E-state index in [-0.39, 0.29) is 11.7 Å². The monoisotopic (exact) mass is 338 g/mol. The SMILES string of the molecule is CC12CCC(C(C(=NNc3ccccc3)C(F)(F)F)C1=O)C2(C)C. The molecule has 3 atom stereocenters. The van der Waals surface area contributed by atoms with Crippen LogP contribution in [0.1, 0.15) is 33.6 Å². The van der Waals surface area contributed by atoms with E-state index in [0.29, 0.717) is 18.5 Å². The summed E-state index contributed by atoms with van der Waals surface area (Å²) in [6, 6.07) is 8.44. The molecule has 0 spiro atoms. The van der Waals surface area contributed by atoms with E-state index in [1.165, 1.54) is 0 Å². The zero-order valence-corrected chi connectivity index (χ0v) is 13.9. The summed E-state index contributed by atoms with van der Waals surface area (Å²) in [4.78, 5) is 12.8. The molecule has 0 heterocycles. The molecule has 1 N–H and O–H groups in total. The number of benzene rings is 1. The number of alkyl halides is 3. The molecule has 0 aliphatic heterocycles. The van der Waals surface area contributed by atoms with Crippen molar-refractivity contribution >= 4 is 17.2 Å². The third-order valence-corrected chi connectivity index (χ3v) is 6.20. The average Bonchev–Trinajstić information content (AvgIpc) is 2.81. The molecule has 6 heteroatoms. The van der Waals surface area contributed by atoms with Crippen molar-refractivity contribution in [2.75, 3.05) is 5.43 Å². The number of anilines is 1. The van der Waals surface area contributed by atoms with Crippen LogP contribution >= 0.6 is 0 Å². The molecule has 0 saturated heterocycles. The maximum absolute atomic E-state index is 13.6. The van der Waals surface area contributed by atoms with Crippen molar-refractivity contribution in [1.82, 2.24) is 0 Å². The molecule has 2 fully saturated rings. The first-order valence-electron chi connectivity index (χ1n) is 8.09. The lowest BCUT2D eigenvalue weighted by atomic mass is 9.70. The number of ketones is 1. The second-order valence-corrected chi connectivity index (χ2v) is 7.51. The van der Waals surface area contributed by atoms with Crippen molar-refractivity contribution < 1.29 is 18.0 Å². The largest absolute Gasteiger partial charge is 0.431 e. The van der Waals surface area contributed by atoms with E-state index in [1.807, 2.05) is 13.8 Å². The second kappa shape index (κ2) is 5.33. The Labute approximate surface area is 139 Å². The van der Waals surface area contributed by atoms with Crippen LogP contribution in [0.5, 0.6) is 0 Å². The van der Waals surface area contributed by atoms with Gasteiger partial charge >= 0.3 is 6.18 Å². The predicted molar refractivity (Wildman–Crippen MR) is 86.7 cm³/mol. The normalized spacial score (nSPS) is 32.2. The number of carbonyl (C=O) groups excluding carboxylic acids is 1. The Morgan fingerprint density at radius 2 is 1.83 bits per heavy atom. The Bertz CT molecular complexity index is 681. The summed E-state index contributed by atoms with van der Waals surface area (Å²) in [7, 11) is 0. The second-order valence-electron chi connectivity index (χ2n) is 7.51. The summed E-state index contributed by atoms with van der Waals surface area (Å²) in [5, 5.41) is 3.63. The van der Waals surface area contributed by atoms with Crippen molar-refractivity contribution in [3.8, 4) is 0 Å². The van der Waals surface area contributed by atoms with Gasteiger partial charge in [0.25, 0.3) is 0 Å². The topological polar surface area (TPSA) is 41.5 Å². The third-order valence-electron chi connectivity index (χ3n) is 6.20. The lowest BCUT2D eigenvalue weighted by Gasteiger charge is -2.32. The lowest BCUT2D eigenvalue weighted by Crippen LogP contribution is -2.41. The molecule has 24 heavy (non-hydrogen) atoms. The van der Waals surface area contributed by atoms with E-state index in [9.17, 15) is 18.0 Å². The van der Waals surface area contributed by atoms with Crippen molar-refractivity contribution in [3.63, 3.8) is 0 Å². The van der Waals surface area contributed by atoms with Crippen LogP contribution in [0.15, 0.2) is 35.4 Å². The van der Waals surface area contributed by atoms with E-state index in [4.69, 9.17) is 0 Å². The first kappa shape index (κ1) is 17.0. The molecule has 2 aliphatic carbocycles. The fraction of sp³-hybridized carbons (Fsp3) is 0.556. The van der Waals surface area contributed by atoms with Gasteiger partial charge in [-0.2, -0.15) is 18.3 Å². The Morgan fingerprint density at radius 1 is 1.21 bits per heavy atom. The van der Waals surface area contributed by atoms with Gasteiger partial charge < -0.3 is 0 Å². The number of Topliss-reactive ketones (excluding diaryl/α,β-unsaturated/α-hetero) is 1. The molecule has 1 aromatic carbocycles. The standard InChI is InChI=1S/C18H21F3N2O/c1-16(2)12-9-10-17(16,3)15(24)13(12)14(18(19,20)21)23-22-11-7-5-4-6-8-11/h4-8,12-13,22H,9-10H2,1-3H3. The van der Waals surface area contributed by atoms with E-state index in [1.54, 1.807) is 37.3 Å². The summed E-state index contributed by atoms with van der Waals surface area (Å²) < 4.78 is 40.9. The highest BCUT2D eigenvalue weighted by atomic mass is 19.4. The first-order chi connectivity index (χ1) is 11.1. The quantitative estimate of drug-likeness (QED) is 0.643. The molecule has 3 nitrogen and oxygen atoms in total. The minimum absolute atomic E-state index is 0.324. The number of nitrogens with zero attached hydrogens (tertiary/aromatic N) is 1. The van der Waals surface area contributed by atoms with Crippen LogP contribution in [0, 0.1) is 22.7 Å². The maximum atomic E-state index is 13.6. The zero-order valence-electron chi connectivity index (χ0n) is 13.9. The van der Waals surface area contributed by atoms with Crippen LogP contribution in [0.4, 0.5) is 18.9 Å². The number of para-hydroxylation sites is 1. The van der Waals surface area contributed by atoms with Gasteiger partial charge in [-0.05, 0) is 36.3 Å². The summed E-state index contributed by atoms with van der Waals surface area (Å²) >= 11 is 0. The Balaban J connectivity index is 1.98. The molecule has 1 aromatic rings. The molecule has 3 rings (SSSR count). The van der Waals surface area contributed by atoms with Crippen LogP contribution in [0.3, 0.4) is 0 Å². The number of rotatable bonds is 3. The Kier molecular flexibility index (Phi) is 3.77. The number of hydrogen-bond donors (Lipinski definition) is 1. The van der Waals surface area contributed by atoms with Gasteiger partial charge in [0.15, 0.2) is 5.71 Å². The van der Waals surface area contributed by atoms with Crippen LogP contribution < -0.4 is 5.43 Å². The Hall–Kier alpha value is -1.85. The summed E-state index contributed by atoms with van der Waals surface area (Å²) in [5.41, 5.74) is 0.762. The fourth-order valence-corrected chi connectivity index (χ4v) is 4.35. The van der Waals surface area contributed by atoms with Crippen LogP contribution in [-0.2, 0) is 4.79 Å². The van der Waals surface area contributed by atoms with Crippen LogP contribution in [0.2, 0.25) is 0 Å². The molecular formula is C18H21F3N2O. The predicted octanol–water partition coefficient (Wildman–Crippen LogP) is 4.66. The van der Waals surface area contributed by atoms with Gasteiger partial charge in [-0.15, -0.1) is 0 Å². The maximum Gasteiger partial charge on any atom is 0.431 e. The highest BCUT2D eigenvalue weighted by molar-refractivity contribution is 6.12. The number of carbonyl (C=O) groups is 1. The zero-order chi connectivity index (χ0) is 17.8. The number of fused-ring (bicyclic) bond motifs is 2. The van der Waals surface area contributed by atoms with Crippen molar-refractivity contribution in [1.29, 1.82) is 0 Å². The van der Waals surface area contributed by atoms with Gasteiger partial charge in [-0.1, -0.05) is 39.0 Å². The third kappa shape index (κ3) is 2.34. The Morgan fingerprint density at radius 3 is 2.33 bits per heavy atom. The number of halogens is 3. The number of hydrogen-bond acceptors (Lipinski definition) is 3. The molecule has 130 valence electrons. The van der Waals surface area contributed by atoms with E-state index in [2.05, 4.69) is 10.5 Å². The van der Waals surface area contributed by atoms with Gasteiger partial charge in [-0.3, -0.25) is 10.2 Å². The molecular weight excluding hydrogens is 317 g/mol. The highest BCUT2D eigenvalue weighted by Crippen LogP contribution is 2.66. The van der Waals surface area contributed by atoms with Gasteiger partial charge in [-0.25, -0.2) is 0 Å². The van der Waals surface area contributed by atoms with E-state index >= 15 is 0 Å². The molecule has 2 aliphatic rings. The van der Waals surface area contributed by atoms with Crippen molar-refractivity contribution in [3.05, 3.63) is 30.3 Å². The molecule has 0 amide bonds. The number of hydrazone groups is 1. The smallest absolute Gasteiger partial charge is 0.298 e. The average molecular weight is 338 g/mol.